The number of rotatable bonds is 9. The Morgan fingerprint density at radius 3 is 2.38 bits per heavy atom. The molecule has 11 heteroatoms. The first-order chi connectivity index (χ1) is 16.2. The highest BCUT2D eigenvalue weighted by Gasteiger charge is 2.25. The highest BCUT2D eigenvalue weighted by atomic mass is 16.6. The molecule has 0 aliphatic carbocycles. The standard InChI is InChI=1S/C23H28N4O7/c1-15-5-4-10-25(14-15)18-7-6-17(11-20(18)27(31)32)23(28)24-9-8-16-12-21(33-2)22(34-3)13-19(16)26(29)30/h6-7,11-13,15H,4-5,8-10,14H2,1-3H3,(H,24,28). The van der Waals surface area contributed by atoms with Gasteiger partial charge in [-0.1, -0.05) is 6.92 Å². The lowest BCUT2D eigenvalue weighted by Gasteiger charge is -2.32. The van der Waals surface area contributed by atoms with Crippen LogP contribution >= 0.6 is 0 Å². The van der Waals surface area contributed by atoms with Crippen molar-refractivity contribution in [1.82, 2.24) is 5.32 Å². The molecule has 0 spiro atoms. The van der Waals surface area contributed by atoms with Crippen molar-refractivity contribution >= 4 is 23.0 Å². The van der Waals surface area contributed by atoms with Crippen molar-refractivity contribution in [2.75, 3.05) is 38.8 Å². The minimum atomic E-state index is -0.525. The van der Waals surface area contributed by atoms with Crippen molar-refractivity contribution in [2.45, 2.75) is 26.2 Å². The van der Waals surface area contributed by atoms with E-state index in [0.717, 1.165) is 25.9 Å². The van der Waals surface area contributed by atoms with Gasteiger partial charge in [-0.3, -0.25) is 25.0 Å². The minimum absolute atomic E-state index is 0.0916. The van der Waals surface area contributed by atoms with Gasteiger partial charge in [-0.2, -0.15) is 0 Å². The maximum atomic E-state index is 12.7. The Hall–Kier alpha value is -3.89. The fraction of sp³-hybridized carbons (Fsp3) is 0.435. The van der Waals surface area contributed by atoms with E-state index in [1.807, 2.05) is 4.90 Å². The zero-order chi connectivity index (χ0) is 24.8. The molecule has 0 aromatic heterocycles. The Balaban J connectivity index is 1.73. The van der Waals surface area contributed by atoms with Gasteiger partial charge in [-0.15, -0.1) is 0 Å². The maximum absolute atomic E-state index is 12.7. The summed E-state index contributed by atoms with van der Waals surface area (Å²) in [5, 5.41) is 25.8. The molecule has 1 N–H and O–H groups in total. The second-order valence-corrected chi connectivity index (χ2v) is 8.25. The molecule has 0 radical (unpaired) electrons. The average molecular weight is 472 g/mol. The van der Waals surface area contributed by atoms with E-state index in [1.165, 1.54) is 32.4 Å². The van der Waals surface area contributed by atoms with Gasteiger partial charge in [0.25, 0.3) is 17.3 Å². The molecular formula is C23H28N4O7. The normalized spacial score (nSPS) is 15.5. The predicted octanol–water partition coefficient (Wildman–Crippen LogP) is 3.73. The number of nitrogens with one attached hydrogen (secondary N) is 1. The molecule has 2 aromatic carbocycles. The van der Waals surface area contributed by atoms with Crippen LogP contribution in [0.25, 0.3) is 0 Å². The molecule has 0 saturated carbocycles. The van der Waals surface area contributed by atoms with E-state index in [4.69, 9.17) is 9.47 Å². The van der Waals surface area contributed by atoms with Gasteiger partial charge in [-0.05, 0) is 43.4 Å². The summed E-state index contributed by atoms with van der Waals surface area (Å²) >= 11 is 0. The summed E-state index contributed by atoms with van der Waals surface area (Å²) in [6.45, 7) is 3.67. The monoisotopic (exact) mass is 472 g/mol. The van der Waals surface area contributed by atoms with Crippen molar-refractivity contribution in [1.29, 1.82) is 0 Å². The van der Waals surface area contributed by atoms with Crippen LogP contribution in [0.3, 0.4) is 0 Å². The van der Waals surface area contributed by atoms with Crippen LogP contribution in [-0.4, -0.2) is 49.6 Å². The molecule has 1 amide bonds. The summed E-state index contributed by atoms with van der Waals surface area (Å²) in [4.78, 5) is 36.8. The minimum Gasteiger partial charge on any atom is -0.493 e. The third kappa shape index (κ3) is 5.53. The lowest BCUT2D eigenvalue weighted by molar-refractivity contribution is -0.385. The van der Waals surface area contributed by atoms with Gasteiger partial charge in [0.1, 0.15) is 5.69 Å². The number of nitrogens with zero attached hydrogens (tertiary/aromatic N) is 3. The Kier molecular flexibility index (Phi) is 7.87. The topological polar surface area (TPSA) is 137 Å². The Morgan fingerprint density at radius 2 is 1.76 bits per heavy atom. The van der Waals surface area contributed by atoms with Crippen molar-refractivity contribution in [3.8, 4) is 11.5 Å². The van der Waals surface area contributed by atoms with E-state index < -0.39 is 15.8 Å². The molecule has 2 aromatic rings. The van der Waals surface area contributed by atoms with Gasteiger partial charge in [0.15, 0.2) is 11.5 Å². The number of ether oxygens (including phenoxy) is 2. The first kappa shape index (κ1) is 24.7. The highest BCUT2D eigenvalue weighted by molar-refractivity contribution is 5.95. The summed E-state index contributed by atoms with van der Waals surface area (Å²) in [5.74, 6) is 0.520. The molecule has 1 aliphatic heterocycles. The van der Waals surface area contributed by atoms with Crippen LogP contribution in [0.5, 0.6) is 11.5 Å². The number of carbonyl (C=O) groups is 1. The smallest absolute Gasteiger partial charge is 0.293 e. The molecule has 3 rings (SSSR count). The molecule has 1 fully saturated rings. The van der Waals surface area contributed by atoms with Crippen molar-refractivity contribution in [2.24, 2.45) is 5.92 Å². The largest absolute Gasteiger partial charge is 0.493 e. The quantitative estimate of drug-likeness (QED) is 0.430. The van der Waals surface area contributed by atoms with Crippen LogP contribution in [0, 0.1) is 26.1 Å². The summed E-state index contributed by atoms with van der Waals surface area (Å²) in [5.41, 5.74) is 0.764. The van der Waals surface area contributed by atoms with E-state index in [0.29, 0.717) is 22.9 Å². The number of hydrogen-bond donors (Lipinski definition) is 1. The Morgan fingerprint density at radius 1 is 1.09 bits per heavy atom. The Bertz CT molecular complexity index is 1090. The van der Waals surface area contributed by atoms with Crippen LogP contribution in [0.4, 0.5) is 17.1 Å². The first-order valence-corrected chi connectivity index (χ1v) is 11.0. The molecular weight excluding hydrogens is 444 g/mol. The summed E-state index contributed by atoms with van der Waals surface area (Å²) in [7, 11) is 2.81. The highest BCUT2D eigenvalue weighted by Crippen LogP contribution is 2.35. The van der Waals surface area contributed by atoms with Gasteiger partial charge in [0.2, 0.25) is 0 Å². The number of carbonyl (C=O) groups excluding carboxylic acids is 1. The third-order valence-corrected chi connectivity index (χ3v) is 5.89. The number of nitro benzene ring substituents is 2. The van der Waals surface area contributed by atoms with Crippen molar-refractivity contribution < 1.29 is 24.1 Å². The molecule has 11 nitrogen and oxygen atoms in total. The van der Waals surface area contributed by atoms with Crippen LogP contribution in [0.1, 0.15) is 35.7 Å². The molecule has 1 atom stereocenters. The fourth-order valence-electron chi connectivity index (χ4n) is 4.18. The van der Waals surface area contributed by atoms with Gasteiger partial charge in [-0.25, -0.2) is 0 Å². The molecule has 0 bridgehead atoms. The first-order valence-electron chi connectivity index (χ1n) is 11.0. The van der Waals surface area contributed by atoms with Crippen molar-refractivity contribution in [3.05, 3.63) is 61.7 Å². The number of benzene rings is 2. The van der Waals surface area contributed by atoms with Gasteiger partial charge in [0, 0.05) is 36.8 Å². The number of methoxy groups -OCH3 is 2. The fourth-order valence-corrected chi connectivity index (χ4v) is 4.18. The summed E-state index contributed by atoms with van der Waals surface area (Å²) in [6, 6.07) is 7.24. The number of piperidine rings is 1. The molecule has 1 saturated heterocycles. The van der Waals surface area contributed by atoms with Crippen LogP contribution in [0.15, 0.2) is 30.3 Å². The zero-order valence-electron chi connectivity index (χ0n) is 19.4. The SMILES string of the molecule is COc1cc(CCNC(=O)c2ccc(N3CCCC(C)C3)c([N+](=O)[O-])c2)c([N+](=O)[O-])cc1OC. The van der Waals surface area contributed by atoms with Crippen LogP contribution in [0.2, 0.25) is 0 Å². The number of nitro groups is 2. The second-order valence-electron chi connectivity index (χ2n) is 8.25. The lowest BCUT2D eigenvalue weighted by Crippen LogP contribution is -2.34. The van der Waals surface area contributed by atoms with E-state index in [1.54, 1.807) is 12.1 Å². The second kappa shape index (κ2) is 10.8. The number of amides is 1. The van der Waals surface area contributed by atoms with E-state index in [-0.39, 0.29) is 35.7 Å². The molecule has 1 heterocycles. The predicted molar refractivity (Wildman–Crippen MR) is 126 cm³/mol. The molecule has 182 valence electrons. The molecule has 34 heavy (non-hydrogen) atoms. The van der Waals surface area contributed by atoms with Gasteiger partial charge >= 0.3 is 0 Å². The third-order valence-electron chi connectivity index (χ3n) is 5.89. The summed E-state index contributed by atoms with van der Waals surface area (Å²) < 4.78 is 10.3. The number of anilines is 1. The lowest BCUT2D eigenvalue weighted by atomic mass is 9.99. The Labute approximate surface area is 197 Å². The molecule has 1 unspecified atom stereocenters. The van der Waals surface area contributed by atoms with E-state index in [9.17, 15) is 25.0 Å². The van der Waals surface area contributed by atoms with E-state index in [2.05, 4.69) is 12.2 Å². The molecule has 1 aliphatic rings. The average Bonchev–Trinajstić information content (AvgIpc) is 2.82. The zero-order valence-corrected chi connectivity index (χ0v) is 19.4. The van der Waals surface area contributed by atoms with Crippen LogP contribution in [-0.2, 0) is 6.42 Å². The van der Waals surface area contributed by atoms with Gasteiger partial charge < -0.3 is 19.7 Å². The van der Waals surface area contributed by atoms with E-state index >= 15 is 0 Å². The number of hydrogen-bond acceptors (Lipinski definition) is 8. The summed E-state index contributed by atoms with van der Waals surface area (Å²) in [6.07, 6.45) is 2.21. The van der Waals surface area contributed by atoms with Gasteiger partial charge in [0.05, 0.1) is 30.1 Å². The maximum Gasteiger partial charge on any atom is 0.293 e. The van der Waals surface area contributed by atoms with Crippen molar-refractivity contribution in [3.63, 3.8) is 0 Å². The van der Waals surface area contributed by atoms with Crippen LogP contribution < -0.4 is 19.7 Å².